The minimum absolute atomic E-state index is 0.0461. The molecule has 8 atom stereocenters. The van der Waals surface area contributed by atoms with E-state index in [0.29, 0.717) is 12.2 Å². The van der Waals surface area contributed by atoms with Crippen LogP contribution in [0.25, 0.3) is 0 Å². The Morgan fingerprint density at radius 2 is 1.57 bits per heavy atom. The monoisotopic (exact) mass is 477 g/mol. The van der Waals surface area contributed by atoms with E-state index in [2.05, 4.69) is 40.7 Å². The highest BCUT2D eigenvalue weighted by molar-refractivity contribution is 6.04. The fourth-order valence-electron chi connectivity index (χ4n) is 10.6. The molecule has 0 aromatic heterocycles. The smallest absolute Gasteiger partial charge is 0.178 e. The molecule has 0 aromatic rings. The van der Waals surface area contributed by atoms with Crippen LogP contribution in [0.3, 0.4) is 0 Å². The van der Waals surface area contributed by atoms with Gasteiger partial charge in [-0.1, -0.05) is 54.5 Å². The summed E-state index contributed by atoms with van der Waals surface area (Å²) in [5.74, 6) is 0.533. The highest BCUT2D eigenvalue weighted by atomic mass is 16.1. The summed E-state index contributed by atoms with van der Waals surface area (Å²) in [6.45, 7) is 15.6. The summed E-state index contributed by atoms with van der Waals surface area (Å²) in [7, 11) is 0. The second-order valence-electron chi connectivity index (χ2n) is 15.0. The van der Waals surface area contributed by atoms with Gasteiger partial charge in [-0.2, -0.15) is 5.26 Å². The van der Waals surface area contributed by atoms with Crippen LogP contribution in [0.1, 0.15) is 99.8 Å². The zero-order chi connectivity index (χ0) is 25.8. The van der Waals surface area contributed by atoms with Crippen molar-refractivity contribution >= 4 is 17.9 Å². The van der Waals surface area contributed by atoms with Crippen LogP contribution in [0.5, 0.6) is 0 Å². The molecule has 5 aliphatic rings. The number of allylic oxidation sites excluding steroid dienone is 2. The van der Waals surface area contributed by atoms with Crippen LogP contribution in [-0.2, 0) is 14.4 Å². The fraction of sp³-hybridized carbons (Fsp3) is 0.806. The Hall–Kier alpha value is -1.76. The van der Waals surface area contributed by atoms with E-state index in [-0.39, 0.29) is 62.1 Å². The first kappa shape index (κ1) is 24.9. The second-order valence-corrected chi connectivity index (χ2v) is 15.0. The number of aldehydes is 1. The molecule has 4 fully saturated rings. The number of hydrogen-bond donors (Lipinski definition) is 0. The number of carbonyl (C=O) groups is 3. The molecule has 0 aromatic carbocycles. The Morgan fingerprint density at radius 1 is 0.914 bits per heavy atom. The molecule has 0 radical (unpaired) electrons. The highest BCUT2D eigenvalue weighted by Crippen LogP contribution is 2.75. The third-order valence-electron chi connectivity index (χ3n) is 12.8. The van der Waals surface area contributed by atoms with Crippen molar-refractivity contribution in [2.75, 3.05) is 0 Å². The highest BCUT2D eigenvalue weighted by Gasteiger charge is 2.72. The van der Waals surface area contributed by atoms with Crippen molar-refractivity contribution in [2.45, 2.75) is 99.8 Å². The molecule has 0 aliphatic heterocycles. The predicted molar refractivity (Wildman–Crippen MR) is 135 cm³/mol. The fourth-order valence-corrected chi connectivity index (χ4v) is 10.6. The lowest BCUT2D eigenvalue weighted by Crippen LogP contribution is -2.68. The normalized spacial score (nSPS) is 49.9. The summed E-state index contributed by atoms with van der Waals surface area (Å²) < 4.78 is 0. The molecular weight excluding hydrogens is 434 g/mol. The summed E-state index contributed by atoms with van der Waals surface area (Å²) in [5, 5.41) is 9.84. The maximum atomic E-state index is 14.3. The first-order chi connectivity index (χ1) is 16.1. The molecule has 190 valence electrons. The van der Waals surface area contributed by atoms with Crippen LogP contribution >= 0.6 is 0 Å². The van der Waals surface area contributed by atoms with Crippen molar-refractivity contribution in [1.29, 1.82) is 5.26 Å². The first-order valence-corrected chi connectivity index (χ1v) is 13.8. The van der Waals surface area contributed by atoms with E-state index < -0.39 is 5.41 Å². The molecule has 5 rings (SSSR count). The molecule has 35 heavy (non-hydrogen) atoms. The Labute approximate surface area is 211 Å². The van der Waals surface area contributed by atoms with Gasteiger partial charge in [0.15, 0.2) is 5.78 Å². The van der Waals surface area contributed by atoms with E-state index in [1.807, 2.05) is 19.9 Å². The maximum Gasteiger partial charge on any atom is 0.178 e. The number of fused-ring (bicyclic) bond motifs is 7. The van der Waals surface area contributed by atoms with Gasteiger partial charge in [0, 0.05) is 23.2 Å². The third-order valence-corrected chi connectivity index (χ3v) is 12.8. The van der Waals surface area contributed by atoms with Crippen LogP contribution < -0.4 is 0 Å². The van der Waals surface area contributed by atoms with E-state index in [0.717, 1.165) is 44.9 Å². The van der Waals surface area contributed by atoms with E-state index >= 15 is 0 Å². The van der Waals surface area contributed by atoms with Crippen molar-refractivity contribution in [3.8, 4) is 6.07 Å². The Bertz CT molecular complexity index is 1080. The Kier molecular flexibility index (Phi) is 5.10. The molecule has 4 saturated carbocycles. The average molecular weight is 478 g/mol. The molecule has 4 heteroatoms. The van der Waals surface area contributed by atoms with Gasteiger partial charge < -0.3 is 4.79 Å². The largest absolute Gasteiger partial charge is 0.303 e. The summed E-state index contributed by atoms with van der Waals surface area (Å²) in [6.07, 6.45) is 10.3. The standard InChI is InChI=1S/C31H43NO3/c1-26(2)10-12-31(18-33)13-11-30(7)24(20(31)16-26)21(34)14-23-28(5)15-19(17-32)25(35)27(3,4)22(28)8-9-29(23,30)6/h15,18,20,22-24H,8-14,16H2,1-7H3/t20-,22-,23?,24-,28-,29+,30+,31+/m0/s1. The summed E-state index contributed by atoms with van der Waals surface area (Å²) in [5.41, 5.74) is -1.18. The lowest BCUT2D eigenvalue weighted by molar-refractivity contribution is -0.219. The molecule has 4 nitrogen and oxygen atoms in total. The maximum absolute atomic E-state index is 14.3. The van der Waals surface area contributed by atoms with Gasteiger partial charge in [-0.05, 0) is 84.4 Å². The van der Waals surface area contributed by atoms with Crippen LogP contribution in [0.2, 0.25) is 0 Å². The van der Waals surface area contributed by atoms with Crippen LogP contribution in [0.4, 0.5) is 0 Å². The number of Topliss-reactive ketones (excluding diaryl/α,β-unsaturated/α-hetero) is 2. The number of hydrogen-bond acceptors (Lipinski definition) is 4. The van der Waals surface area contributed by atoms with Gasteiger partial charge in [-0.3, -0.25) is 9.59 Å². The van der Waals surface area contributed by atoms with Crippen LogP contribution in [-0.4, -0.2) is 17.9 Å². The van der Waals surface area contributed by atoms with E-state index in [1.165, 1.54) is 6.29 Å². The second kappa shape index (κ2) is 7.17. The van der Waals surface area contributed by atoms with Crippen molar-refractivity contribution < 1.29 is 14.4 Å². The van der Waals surface area contributed by atoms with Gasteiger partial charge in [-0.15, -0.1) is 0 Å². The Balaban J connectivity index is 1.64. The molecule has 0 amide bonds. The van der Waals surface area contributed by atoms with Crippen LogP contribution in [0, 0.1) is 67.5 Å². The molecule has 0 spiro atoms. The lowest BCUT2D eigenvalue weighted by atomic mass is 9.31. The SMILES string of the molecule is CC1(C)CC[C@]2(C=O)CC[C@]3(C)[C@H](C(=O)CC4[C@@]5(C)C=C(C#N)C(=O)C(C)(C)[C@@H]5CC[C@]43C)[C@@H]2C1. The molecule has 0 heterocycles. The van der Waals surface area contributed by atoms with Crippen molar-refractivity contribution in [3.63, 3.8) is 0 Å². The van der Waals surface area contributed by atoms with Crippen molar-refractivity contribution in [3.05, 3.63) is 11.6 Å². The third kappa shape index (κ3) is 2.93. The van der Waals surface area contributed by atoms with Gasteiger partial charge in [0.25, 0.3) is 0 Å². The number of carbonyl (C=O) groups excluding carboxylic acids is 3. The molecule has 0 bridgehead atoms. The summed E-state index contributed by atoms with van der Waals surface area (Å²) >= 11 is 0. The predicted octanol–water partition coefficient (Wildman–Crippen LogP) is 6.48. The van der Waals surface area contributed by atoms with Crippen molar-refractivity contribution in [1.82, 2.24) is 0 Å². The van der Waals surface area contributed by atoms with Gasteiger partial charge in [0.2, 0.25) is 0 Å². The first-order valence-electron chi connectivity index (χ1n) is 13.8. The summed E-state index contributed by atoms with van der Waals surface area (Å²) in [6, 6.07) is 2.20. The number of nitriles is 1. The van der Waals surface area contributed by atoms with Gasteiger partial charge in [0.1, 0.15) is 18.1 Å². The zero-order valence-corrected chi connectivity index (χ0v) is 22.8. The molecule has 0 N–H and O–H groups in total. The minimum atomic E-state index is -0.608. The molecule has 1 unspecified atom stereocenters. The lowest BCUT2D eigenvalue weighted by Gasteiger charge is -2.71. The average Bonchev–Trinajstić information content (AvgIpc) is 2.77. The van der Waals surface area contributed by atoms with Crippen LogP contribution in [0.15, 0.2) is 11.6 Å². The van der Waals surface area contributed by atoms with E-state index in [4.69, 9.17) is 0 Å². The quantitative estimate of drug-likeness (QED) is 0.405. The van der Waals surface area contributed by atoms with E-state index in [1.54, 1.807) is 0 Å². The van der Waals surface area contributed by atoms with Gasteiger partial charge >= 0.3 is 0 Å². The number of rotatable bonds is 1. The topological polar surface area (TPSA) is 75.0 Å². The minimum Gasteiger partial charge on any atom is -0.303 e. The zero-order valence-electron chi connectivity index (χ0n) is 22.8. The summed E-state index contributed by atoms with van der Waals surface area (Å²) in [4.78, 5) is 40.1. The number of nitrogens with zero attached hydrogens (tertiary/aromatic N) is 1. The van der Waals surface area contributed by atoms with Gasteiger partial charge in [0.05, 0.1) is 5.57 Å². The Morgan fingerprint density at radius 3 is 2.20 bits per heavy atom. The molecule has 5 aliphatic carbocycles. The molecular formula is C31H43NO3. The molecule has 0 saturated heterocycles. The van der Waals surface area contributed by atoms with Crippen molar-refractivity contribution in [2.24, 2.45) is 56.2 Å². The van der Waals surface area contributed by atoms with Gasteiger partial charge in [-0.25, -0.2) is 0 Å². The number of ketones is 2. The van der Waals surface area contributed by atoms with E-state index in [9.17, 15) is 19.6 Å².